The predicted octanol–water partition coefficient (Wildman–Crippen LogP) is 3.49. The van der Waals surface area contributed by atoms with E-state index in [-0.39, 0.29) is 12.6 Å². The monoisotopic (exact) mass is 253 g/mol. The molecule has 0 fully saturated rings. The summed E-state index contributed by atoms with van der Waals surface area (Å²) in [6.45, 7) is 4.00. The van der Waals surface area contributed by atoms with E-state index in [0.29, 0.717) is 5.02 Å². The molecule has 0 radical (unpaired) electrons. The molecule has 1 aromatic carbocycles. The highest BCUT2D eigenvalue weighted by atomic mass is 35.5. The van der Waals surface area contributed by atoms with E-state index in [1.54, 1.807) is 6.08 Å². The Hall–Kier alpha value is -1.48. The molecule has 1 rings (SSSR count). The number of hydrogen-bond donors (Lipinski definition) is 1. The van der Waals surface area contributed by atoms with Crippen molar-refractivity contribution in [1.29, 1.82) is 0 Å². The number of hydrogen-bond acceptors (Lipinski definition) is 2. The fourth-order valence-corrected chi connectivity index (χ4v) is 1.39. The number of halogens is 1. The maximum atomic E-state index is 11.1. The number of alkyl carbamates (subject to hydrolysis) is 1. The molecule has 0 saturated carbocycles. The average Bonchev–Trinajstić information content (AvgIpc) is 2.23. The number of benzene rings is 1. The van der Waals surface area contributed by atoms with Crippen LogP contribution in [0.15, 0.2) is 30.3 Å². The second kappa shape index (κ2) is 6.97. The molecular formula is C13H16ClNO2. The maximum absolute atomic E-state index is 11.1. The van der Waals surface area contributed by atoms with Crippen molar-refractivity contribution in [2.45, 2.75) is 19.9 Å². The van der Waals surface area contributed by atoms with Crippen LogP contribution in [-0.2, 0) is 4.74 Å². The number of carbonyl (C=O) groups is 1. The number of carbonyl (C=O) groups excluding carboxylic acids is 1. The molecular weight excluding hydrogens is 238 g/mol. The second-order valence-electron chi connectivity index (χ2n) is 3.85. The van der Waals surface area contributed by atoms with Crippen molar-refractivity contribution in [3.63, 3.8) is 0 Å². The normalized spacial score (nSPS) is 10.8. The van der Waals surface area contributed by atoms with Crippen LogP contribution in [0.2, 0.25) is 5.02 Å². The van der Waals surface area contributed by atoms with Gasteiger partial charge in [0.25, 0.3) is 0 Å². The van der Waals surface area contributed by atoms with E-state index in [0.717, 1.165) is 5.56 Å². The lowest BCUT2D eigenvalue weighted by Crippen LogP contribution is -2.30. The van der Waals surface area contributed by atoms with Gasteiger partial charge < -0.3 is 10.1 Å². The summed E-state index contributed by atoms with van der Waals surface area (Å²) in [5.41, 5.74) is 0.977. The van der Waals surface area contributed by atoms with Crippen LogP contribution in [0.4, 0.5) is 4.79 Å². The largest absolute Gasteiger partial charge is 0.445 e. The Morgan fingerprint density at radius 3 is 2.94 bits per heavy atom. The van der Waals surface area contributed by atoms with Crippen molar-refractivity contribution >= 4 is 23.8 Å². The Morgan fingerprint density at radius 2 is 2.29 bits per heavy atom. The number of nitrogens with one attached hydrogen (secondary N) is 1. The third-order valence-electron chi connectivity index (χ3n) is 1.88. The van der Waals surface area contributed by atoms with Gasteiger partial charge in [-0.15, -0.1) is 0 Å². The summed E-state index contributed by atoms with van der Waals surface area (Å²) in [5.74, 6) is 0. The molecule has 0 saturated heterocycles. The molecule has 0 bridgehead atoms. The van der Waals surface area contributed by atoms with E-state index in [1.165, 1.54) is 0 Å². The lowest BCUT2D eigenvalue weighted by atomic mass is 10.2. The Balaban J connectivity index is 2.33. The quantitative estimate of drug-likeness (QED) is 0.892. The van der Waals surface area contributed by atoms with Crippen molar-refractivity contribution in [3.8, 4) is 0 Å². The molecule has 92 valence electrons. The van der Waals surface area contributed by atoms with Crippen LogP contribution in [0.25, 0.3) is 6.08 Å². The molecule has 0 aliphatic carbocycles. The Morgan fingerprint density at radius 1 is 1.53 bits per heavy atom. The van der Waals surface area contributed by atoms with E-state index in [9.17, 15) is 4.79 Å². The lowest BCUT2D eigenvalue weighted by molar-refractivity contribution is 0.156. The maximum Gasteiger partial charge on any atom is 0.407 e. The minimum Gasteiger partial charge on any atom is -0.445 e. The van der Waals surface area contributed by atoms with Gasteiger partial charge >= 0.3 is 6.09 Å². The molecule has 0 spiro atoms. The third-order valence-corrected chi connectivity index (χ3v) is 2.11. The Labute approximate surface area is 106 Å². The highest BCUT2D eigenvalue weighted by Crippen LogP contribution is 2.11. The smallest absolute Gasteiger partial charge is 0.407 e. The third kappa shape index (κ3) is 5.97. The Bertz CT molecular complexity index is 402. The zero-order valence-corrected chi connectivity index (χ0v) is 10.7. The summed E-state index contributed by atoms with van der Waals surface area (Å²) < 4.78 is 4.93. The van der Waals surface area contributed by atoms with Crippen molar-refractivity contribution in [2.24, 2.45) is 0 Å². The summed E-state index contributed by atoms with van der Waals surface area (Å²) in [4.78, 5) is 11.1. The van der Waals surface area contributed by atoms with E-state index in [4.69, 9.17) is 16.3 Å². The van der Waals surface area contributed by atoms with Gasteiger partial charge in [-0.1, -0.05) is 29.8 Å². The van der Waals surface area contributed by atoms with Gasteiger partial charge in [0.15, 0.2) is 0 Å². The zero-order chi connectivity index (χ0) is 12.7. The number of ether oxygens (including phenoxy) is 1. The van der Waals surface area contributed by atoms with Gasteiger partial charge in [0.2, 0.25) is 0 Å². The first-order valence-corrected chi connectivity index (χ1v) is 5.81. The molecule has 0 atom stereocenters. The van der Waals surface area contributed by atoms with E-state index >= 15 is 0 Å². The highest BCUT2D eigenvalue weighted by Gasteiger charge is 2.01. The Kier molecular flexibility index (Phi) is 5.57. The van der Waals surface area contributed by atoms with Crippen LogP contribution in [-0.4, -0.2) is 18.7 Å². The van der Waals surface area contributed by atoms with E-state index in [1.807, 2.05) is 44.2 Å². The van der Waals surface area contributed by atoms with Crippen LogP contribution in [0.5, 0.6) is 0 Å². The molecule has 1 amide bonds. The standard InChI is InChI=1S/C13H16ClNO2/c1-10(2)15-13(16)17-8-4-6-11-5-3-7-12(14)9-11/h3-7,9-10H,8H2,1-2H3,(H,15,16)/b6-4+. The van der Waals surface area contributed by atoms with Crippen molar-refractivity contribution in [1.82, 2.24) is 5.32 Å². The van der Waals surface area contributed by atoms with Gasteiger partial charge in [-0.2, -0.15) is 0 Å². The minimum absolute atomic E-state index is 0.0828. The van der Waals surface area contributed by atoms with Crippen LogP contribution >= 0.6 is 11.6 Å². The fourth-order valence-electron chi connectivity index (χ4n) is 1.20. The van der Waals surface area contributed by atoms with Crippen molar-refractivity contribution < 1.29 is 9.53 Å². The molecule has 0 unspecified atom stereocenters. The highest BCUT2D eigenvalue weighted by molar-refractivity contribution is 6.30. The number of amides is 1. The van der Waals surface area contributed by atoms with Gasteiger partial charge in [0.05, 0.1) is 0 Å². The molecule has 0 aliphatic heterocycles. The number of rotatable bonds is 4. The van der Waals surface area contributed by atoms with Crippen LogP contribution in [0, 0.1) is 0 Å². The minimum atomic E-state index is -0.407. The van der Waals surface area contributed by atoms with E-state index in [2.05, 4.69) is 5.32 Å². The first-order chi connectivity index (χ1) is 8.08. The summed E-state index contributed by atoms with van der Waals surface area (Å²) in [7, 11) is 0. The molecule has 3 nitrogen and oxygen atoms in total. The summed E-state index contributed by atoms with van der Waals surface area (Å²) in [5, 5.41) is 3.32. The molecule has 4 heteroatoms. The molecule has 0 aliphatic rings. The molecule has 1 N–H and O–H groups in total. The molecule has 1 aromatic rings. The first kappa shape index (κ1) is 13.6. The lowest BCUT2D eigenvalue weighted by Gasteiger charge is -2.07. The van der Waals surface area contributed by atoms with E-state index < -0.39 is 6.09 Å². The molecule has 0 heterocycles. The summed E-state index contributed by atoms with van der Waals surface area (Å²) in [6.07, 6.45) is 3.22. The molecule has 0 aromatic heterocycles. The summed E-state index contributed by atoms with van der Waals surface area (Å²) in [6, 6.07) is 7.53. The second-order valence-corrected chi connectivity index (χ2v) is 4.29. The van der Waals surface area contributed by atoms with Crippen molar-refractivity contribution in [3.05, 3.63) is 40.9 Å². The first-order valence-electron chi connectivity index (χ1n) is 5.43. The predicted molar refractivity (Wildman–Crippen MR) is 70.1 cm³/mol. The zero-order valence-electron chi connectivity index (χ0n) is 9.94. The summed E-state index contributed by atoms with van der Waals surface area (Å²) >= 11 is 5.84. The van der Waals surface area contributed by atoms with Crippen LogP contribution < -0.4 is 5.32 Å². The van der Waals surface area contributed by atoms with Gasteiger partial charge in [0, 0.05) is 11.1 Å². The molecule has 17 heavy (non-hydrogen) atoms. The van der Waals surface area contributed by atoms with Crippen LogP contribution in [0.3, 0.4) is 0 Å². The van der Waals surface area contributed by atoms with Crippen LogP contribution in [0.1, 0.15) is 19.4 Å². The topological polar surface area (TPSA) is 38.3 Å². The van der Waals surface area contributed by atoms with Gasteiger partial charge in [0.1, 0.15) is 6.61 Å². The van der Waals surface area contributed by atoms with Gasteiger partial charge in [-0.25, -0.2) is 4.79 Å². The van der Waals surface area contributed by atoms with Gasteiger partial charge in [-0.05, 0) is 37.6 Å². The fraction of sp³-hybridized carbons (Fsp3) is 0.308. The van der Waals surface area contributed by atoms with Gasteiger partial charge in [-0.3, -0.25) is 0 Å². The average molecular weight is 254 g/mol. The van der Waals surface area contributed by atoms with Crippen molar-refractivity contribution in [2.75, 3.05) is 6.61 Å². The SMILES string of the molecule is CC(C)NC(=O)OC/C=C/c1cccc(Cl)c1.